The van der Waals surface area contributed by atoms with Gasteiger partial charge in [-0.15, -0.1) is 12.4 Å². The van der Waals surface area contributed by atoms with Crippen molar-refractivity contribution in [3.63, 3.8) is 0 Å². The number of hydrogen-bond acceptors (Lipinski definition) is 4. The van der Waals surface area contributed by atoms with Crippen molar-refractivity contribution in [1.29, 1.82) is 0 Å². The van der Waals surface area contributed by atoms with E-state index < -0.39 is 0 Å². The molecule has 29 heavy (non-hydrogen) atoms. The fourth-order valence-corrected chi connectivity index (χ4v) is 4.06. The lowest BCUT2D eigenvalue weighted by Crippen LogP contribution is -2.52. The molecule has 0 aliphatic rings. The molecule has 0 saturated heterocycles. The molecule has 0 fully saturated rings. The van der Waals surface area contributed by atoms with Crippen LogP contribution in [0.1, 0.15) is 50.6 Å². The quantitative estimate of drug-likeness (QED) is 0.613. The second-order valence-corrected chi connectivity index (χ2v) is 8.42. The fraction of sp³-hybridized carbons (Fsp3) is 0.500. The molecule has 1 unspecified atom stereocenters. The first-order valence-corrected chi connectivity index (χ1v) is 9.98. The summed E-state index contributed by atoms with van der Waals surface area (Å²) in [5.74, 6) is 0.497. The number of fused-ring (bicyclic) bond motifs is 3. The number of halogens is 1. The van der Waals surface area contributed by atoms with Gasteiger partial charge in [0.1, 0.15) is 0 Å². The average Bonchev–Trinajstić information content (AvgIpc) is 2.99. The summed E-state index contributed by atoms with van der Waals surface area (Å²) in [5, 5.41) is 8.87. The Morgan fingerprint density at radius 1 is 1.28 bits per heavy atom. The van der Waals surface area contributed by atoms with E-state index in [1.165, 1.54) is 0 Å². The van der Waals surface area contributed by atoms with Gasteiger partial charge in [-0.25, -0.2) is 9.50 Å². The molecule has 1 amide bonds. The van der Waals surface area contributed by atoms with E-state index >= 15 is 0 Å². The van der Waals surface area contributed by atoms with Crippen molar-refractivity contribution >= 4 is 34.9 Å². The van der Waals surface area contributed by atoms with Crippen molar-refractivity contribution in [2.75, 3.05) is 6.54 Å². The van der Waals surface area contributed by atoms with Crippen LogP contribution < -0.4 is 11.1 Å². The minimum atomic E-state index is -0.364. The zero-order valence-corrected chi connectivity index (χ0v) is 18.8. The van der Waals surface area contributed by atoms with Crippen molar-refractivity contribution < 1.29 is 4.79 Å². The molecule has 1 atom stereocenters. The molecule has 6 nitrogen and oxygen atoms in total. The lowest BCUT2D eigenvalue weighted by Gasteiger charge is -2.31. The highest BCUT2D eigenvalue weighted by molar-refractivity contribution is 5.92. The molecule has 7 heteroatoms. The van der Waals surface area contributed by atoms with Gasteiger partial charge in [0.2, 0.25) is 5.91 Å². The van der Waals surface area contributed by atoms with E-state index in [9.17, 15) is 4.79 Å². The highest BCUT2D eigenvalue weighted by atomic mass is 35.5. The van der Waals surface area contributed by atoms with Crippen LogP contribution in [0.4, 0.5) is 0 Å². The van der Waals surface area contributed by atoms with Gasteiger partial charge in [0, 0.05) is 35.3 Å². The Morgan fingerprint density at radius 2 is 1.97 bits per heavy atom. The van der Waals surface area contributed by atoms with E-state index in [1.807, 2.05) is 49.6 Å². The zero-order valence-electron chi connectivity index (χ0n) is 18.0. The first-order valence-electron chi connectivity index (χ1n) is 9.98. The maximum Gasteiger partial charge on any atom is 0.220 e. The van der Waals surface area contributed by atoms with Gasteiger partial charge in [-0.1, -0.05) is 26.0 Å². The zero-order chi connectivity index (χ0) is 20.5. The highest BCUT2D eigenvalue weighted by Gasteiger charge is 2.26. The second kappa shape index (κ2) is 9.09. The number of benzene rings is 1. The minimum Gasteiger partial charge on any atom is -0.350 e. The number of carbonyl (C=O) groups excluding carboxylic acids is 1. The molecule has 0 aliphatic carbocycles. The molecule has 2 aromatic heterocycles. The molecule has 0 spiro atoms. The smallest absolute Gasteiger partial charge is 0.220 e. The van der Waals surface area contributed by atoms with E-state index in [2.05, 4.69) is 24.3 Å². The number of carbonyl (C=O) groups is 1. The third-order valence-electron chi connectivity index (χ3n) is 5.37. The lowest BCUT2D eigenvalue weighted by atomic mass is 9.90. The predicted molar refractivity (Wildman–Crippen MR) is 121 cm³/mol. The largest absolute Gasteiger partial charge is 0.350 e. The van der Waals surface area contributed by atoms with Gasteiger partial charge in [0.25, 0.3) is 0 Å². The molecular weight excluding hydrogens is 386 g/mol. The normalized spacial score (nSPS) is 13.5. The summed E-state index contributed by atoms with van der Waals surface area (Å²) in [6.07, 6.45) is 1.90. The van der Waals surface area contributed by atoms with Gasteiger partial charge in [0.15, 0.2) is 5.65 Å². The van der Waals surface area contributed by atoms with E-state index in [1.54, 1.807) is 0 Å². The summed E-state index contributed by atoms with van der Waals surface area (Å²) in [4.78, 5) is 17.4. The summed E-state index contributed by atoms with van der Waals surface area (Å²) >= 11 is 0. The number of aromatic nitrogens is 3. The van der Waals surface area contributed by atoms with Crippen LogP contribution in [0.3, 0.4) is 0 Å². The third kappa shape index (κ3) is 4.87. The van der Waals surface area contributed by atoms with Crippen LogP contribution in [0, 0.1) is 19.8 Å². The summed E-state index contributed by atoms with van der Waals surface area (Å²) in [5.41, 5.74) is 10.4. The van der Waals surface area contributed by atoms with Gasteiger partial charge in [-0.3, -0.25) is 4.79 Å². The van der Waals surface area contributed by atoms with E-state index in [0.29, 0.717) is 25.3 Å². The Kier molecular flexibility index (Phi) is 7.25. The SMILES string of the molecule is Cc1nc2c3ccccc3nn2c(C)c1CCC(=O)NC(C)(CN)CC(C)C.Cl. The third-order valence-corrected chi connectivity index (χ3v) is 5.37. The Labute approximate surface area is 178 Å². The van der Waals surface area contributed by atoms with Crippen molar-refractivity contribution in [3.05, 3.63) is 41.2 Å². The first kappa shape index (κ1) is 23.1. The number of hydrogen-bond donors (Lipinski definition) is 2. The number of nitrogens with two attached hydrogens (primary N) is 1. The Balaban J connectivity index is 0.00000300. The molecular formula is C22H32ClN5O. The van der Waals surface area contributed by atoms with Crippen molar-refractivity contribution in [3.8, 4) is 0 Å². The molecule has 3 N–H and O–H groups in total. The molecule has 0 radical (unpaired) electrons. The number of amides is 1. The Hall–Kier alpha value is -2.18. The van der Waals surface area contributed by atoms with Crippen LogP contribution in [0.15, 0.2) is 24.3 Å². The molecule has 0 bridgehead atoms. The summed E-state index contributed by atoms with van der Waals surface area (Å²) in [6.45, 7) is 10.8. The monoisotopic (exact) mass is 417 g/mol. The van der Waals surface area contributed by atoms with Gasteiger partial charge in [-0.2, -0.15) is 5.10 Å². The molecule has 2 heterocycles. The van der Waals surface area contributed by atoms with E-state index in [4.69, 9.17) is 10.7 Å². The molecule has 3 rings (SSSR count). The average molecular weight is 418 g/mol. The van der Waals surface area contributed by atoms with Crippen LogP contribution >= 0.6 is 12.4 Å². The van der Waals surface area contributed by atoms with Crippen molar-refractivity contribution in [2.45, 2.75) is 59.4 Å². The van der Waals surface area contributed by atoms with Gasteiger partial charge in [-0.05, 0) is 57.2 Å². The second-order valence-electron chi connectivity index (χ2n) is 8.42. The van der Waals surface area contributed by atoms with Gasteiger partial charge < -0.3 is 11.1 Å². The number of nitrogens with zero attached hydrogens (tertiary/aromatic N) is 3. The topological polar surface area (TPSA) is 85.3 Å². The maximum absolute atomic E-state index is 12.6. The minimum absolute atomic E-state index is 0. The van der Waals surface area contributed by atoms with Crippen molar-refractivity contribution in [1.82, 2.24) is 19.9 Å². The first-order chi connectivity index (χ1) is 13.2. The standard InChI is InChI=1S/C22H31N5O.ClH/c1-14(2)12-22(5,13-23)25-20(28)11-10-17-15(3)24-21-18-8-6-7-9-19(18)26-27(21)16(17)4;/h6-9,14H,10-13,23H2,1-5H3,(H,25,28);1H. The predicted octanol–water partition coefficient (Wildman–Crippen LogP) is 3.73. The van der Waals surface area contributed by atoms with Crippen LogP contribution in [-0.2, 0) is 11.2 Å². The van der Waals surface area contributed by atoms with Crippen LogP contribution in [0.2, 0.25) is 0 Å². The molecule has 1 aromatic carbocycles. The van der Waals surface area contributed by atoms with Crippen LogP contribution in [0.5, 0.6) is 0 Å². The summed E-state index contributed by atoms with van der Waals surface area (Å²) in [6, 6.07) is 8.02. The fourth-order valence-electron chi connectivity index (χ4n) is 4.06. The van der Waals surface area contributed by atoms with Crippen LogP contribution in [0.25, 0.3) is 16.6 Å². The molecule has 3 aromatic rings. The highest BCUT2D eigenvalue weighted by Crippen LogP contribution is 2.23. The van der Waals surface area contributed by atoms with E-state index in [-0.39, 0.29) is 23.9 Å². The number of aryl methyl sites for hydroxylation is 2. The molecule has 0 saturated carbocycles. The van der Waals surface area contributed by atoms with E-state index in [0.717, 1.165) is 39.9 Å². The number of nitrogens with one attached hydrogen (secondary N) is 1. The maximum atomic E-state index is 12.6. The molecule has 0 aliphatic heterocycles. The lowest BCUT2D eigenvalue weighted by molar-refractivity contribution is -0.122. The number of rotatable bonds is 7. The van der Waals surface area contributed by atoms with Gasteiger partial charge in [0.05, 0.1) is 5.52 Å². The van der Waals surface area contributed by atoms with Gasteiger partial charge >= 0.3 is 0 Å². The summed E-state index contributed by atoms with van der Waals surface area (Å²) in [7, 11) is 0. The Morgan fingerprint density at radius 3 is 2.62 bits per heavy atom. The Bertz CT molecular complexity index is 1010. The van der Waals surface area contributed by atoms with Crippen LogP contribution in [-0.4, -0.2) is 32.6 Å². The van der Waals surface area contributed by atoms with Crippen molar-refractivity contribution in [2.24, 2.45) is 11.7 Å². The summed E-state index contributed by atoms with van der Waals surface area (Å²) < 4.78 is 1.90. The molecule has 158 valence electrons.